The van der Waals surface area contributed by atoms with Crippen molar-refractivity contribution in [3.8, 4) is 11.5 Å². The van der Waals surface area contributed by atoms with E-state index in [1.54, 1.807) is 24.0 Å². The van der Waals surface area contributed by atoms with Crippen LogP contribution in [0.5, 0.6) is 11.5 Å². The molecule has 0 bridgehead atoms. The molecule has 0 spiro atoms. The molecule has 0 aliphatic carbocycles. The molecule has 3 amide bonds. The Morgan fingerprint density at radius 3 is 2.51 bits per heavy atom. The average Bonchev–Trinajstić information content (AvgIpc) is 3.40. The summed E-state index contributed by atoms with van der Waals surface area (Å²) in [5.74, 6) is 0.631. The van der Waals surface area contributed by atoms with Crippen LogP contribution >= 0.6 is 0 Å². The molecule has 1 saturated heterocycles. The second-order valence-electron chi connectivity index (χ2n) is 9.50. The van der Waals surface area contributed by atoms with Gasteiger partial charge < -0.3 is 25.0 Å². The summed E-state index contributed by atoms with van der Waals surface area (Å²) < 4.78 is 24.7. The number of likely N-dealkylation sites (tertiary alicyclic amines) is 1. The molecule has 37 heavy (non-hydrogen) atoms. The minimum Gasteiger partial charge on any atom is -0.454 e. The Kier molecular flexibility index (Phi) is 7.25. The number of benzene rings is 3. The number of carbonyl (C=O) groups excluding carboxylic acids is 2. The number of hydrogen-bond donors (Lipinski definition) is 2. The van der Waals surface area contributed by atoms with Gasteiger partial charge in [-0.05, 0) is 60.2 Å². The average molecular weight is 504 g/mol. The zero-order valence-electron chi connectivity index (χ0n) is 20.7. The van der Waals surface area contributed by atoms with Gasteiger partial charge in [0, 0.05) is 19.6 Å². The number of nitrogens with zero attached hydrogens (tertiary/aromatic N) is 1. The summed E-state index contributed by atoms with van der Waals surface area (Å²) in [6, 6.07) is 19.7. The van der Waals surface area contributed by atoms with Crippen LogP contribution < -0.4 is 20.1 Å². The van der Waals surface area contributed by atoms with Crippen molar-refractivity contribution >= 4 is 11.9 Å². The summed E-state index contributed by atoms with van der Waals surface area (Å²) >= 11 is 0. The first-order chi connectivity index (χ1) is 18.0. The molecule has 7 nitrogen and oxygen atoms in total. The highest BCUT2D eigenvalue weighted by molar-refractivity contribution is 5.81. The highest BCUT2D eigenvalue weighted by Crippen LogP contribution is 2.35. The number of nitrogens with one attached hydrogen (secondary N) is 2. The fourth-order valence-electron chi connectivity index (χ4n) is 4.89. The van der Waals surface area contributed by atoms with Crippen LogP contribution in [0, 0.1) is 18.7 Å². The van der Waals surface area contributed by atoms with E-state index in [0.717, 1.165) is 16.7 Å². The van der Waals surface area contributed by atoms with E-state index in [9.17, 15) is 14.0 Å². The van der Waals surface area contributed by atoms with Crippen LogP contribution in [0.2, 0.25) is 0 Å². The summed E-state index contributed by atoms with van der Waals surface area (Å²) in [5, 5.41) is 6.00. The van der Waals surface area contributed by atoms with E-state index in [1.807, 2.05) is 48.5 Å². The normalized spacial score (nSPS) is 18.4. The monoisotopic (exact) mass is 503 g/mol. The van der Waals surface area contributed by atoms with Crippen LogP contribution in [0.25, 0.3) is 0 Å². The maximum atomic E-state index is 13.9. The van der Waals surface area contributed by atoms with Gasteiger partial charge in [0.1, 0.15) is 5.82 Å². The minimum atomic E-state index is -0.353. The zero-order chi connectivity index (χ0) is 25.8. The molecule has 2 N–H and O–H groups in total. The largest absolute Gasteiger partial charge is 0.454 e. The lowest BCUT2D eigenvalue weighted by molar-refractivity contribution is -0.126. The number of fused-ring (bicyclic) bond motifs is 1. The standard InChI is InChI=1S/C29H30FN3O4/c1-19-13-22(8-10-24(19)30)25-11-9-23(17-33(25)29(35)32-15-20-5-3-2-4-6-20)28(34)31-16-21-7-12-26-27(14-21)37-18-36-26/h2-8,10,12-14,23,25H,9,11,15-18H2,1H3,(H,31,34)(H,32,35)/t23-,25-/m1/s1. The molecule has 5 rings (SSSR count). The number of amides is 3. The SMILES string of the molecule is Cc1cc([C@H]2CC[C@@H](C(=O)NCc3ccc4c(c3)OCO4)CN2C(=O)NCc2ccccc2)ccc1F. The van der Waals surface area contributed by atoms with E-state index in [1.165, 1.54) is 6.07 Å². The van der Waals surface area contributed by atoms with Crippen LogP contribution in [0.1, 0.15) is 41.1 Å². The van der Waals surface area contributed by atoms with Gasteiger partial charge in [0.2, 0.25) is 12.7 Å². The van der Waals surface area contributed by atoms with Gasteiger partial charge in [-0.15, -0.1) is 0 Å². The summed E-state index contributed by atoms with van der Waals surface area (Å²) in [7, 11) is 0. The van der Waals surface area contributed by atoms with E-state index >= 15 is 0 Å². The second kappa shape index (κ2) is 10.9. The quantitative estimate of drug-likeness (QED) is 0.505. The molecule has 2 heterocycles. The topological polar surface area (TPSA) is 79.9 Å². The lowest BCUT2D eigenvalue weighted by atomic mass is 9.88. The highest BCUT2D eigenvalue weighted by Gasteiger charge is 2.35. The molecule has 2 aliphatic heterocycles. The number of ether oxygens (including phenoxy) is 2. The second-order valence-corrected chi connectivity index (χ2v) is 9.50. The number of rotatable bonds is 6. The van der Waals surface area contributed by atoms with E-state index in [-0.39, 0.29) is 43.1 Å². The van der Waals surface area contributed by atoms with E-state index in [4.69, 9.17) is 9.47 Å². The predicted molar refractivity (Wildman–Crippen MR) is 136 cm³/mol. The van der Waals surface area contributed by atoms with Crippen LogP contribution in [0.3, 0.4) is 0 Å². The number of hydrogen-bond acceptors (Lipinski definition) is 4. The molecule has 3 aromatic carbocycles. The highest BCUT2D eigenvalue weighted by atomic mass is 19.1. The Morgan fingerprint density at radius 1 is 0.919 bits per heavy atom. The van der Waals surface area contributed by atoms with Crippen LogP contribution in [0.15, 0.2) is 66.7 Å². The van der Waals surface area contributed by atoms with Crippen molar-refractivity contribution in [2.45, 2.75) is 38.9 Å². The lowest BCUT2D eigenvalue weighted by Crippen LogP contribution is -2.50. The van der Waals surface area contributed by atoms with Crippen LogP contribution in [0.4, 0.5) is 9.18 Å². The first-order valence-electron chi connectivity index (χ1n) is 12.5. The molecule has 0 radical (unpaired) electrons. The van der Waals surface area contributed by atoms with Gasteiger partial charge in [-0.1, -0.05) is 48.5 Å². The van der Waals surface area contributed by atoms with Crippen molar-refractivity contribution in [2.24, 2.45) is 5.92 Å². The molecule has 2 atom stereocenters. The maximum Gasteiger partial charge on any atom is 0.318 e. The van der Waals surface area contributed by atoms with E-state index in [2.05, 4.69) is 10.6 Å². The Labute approximate surface area is 215 Å². The molecule has 192 valence electrons. The van der Waals surface area contributed by atoms with E-state index in [0.29, 0.717) is 43.0 Å². The van der Waals surface area contributed by atoms with Gasteiger partial charge >= 0.3 is 6.03 Å². The summed E-state index contributed by atoms with van der Waals surface area (Å²) in [4.78, 5) is 28.2. The predicted octanol–water partition coefficient (Wildman–Crippen LogP) is 4.84. The fourth-order valence-corrected chi connectivity index (χ4v) is 4.89. The third-order valence-corrected chi connectivity index (χ3v) is 6.97. The summed E-state index contributed by atoms with van der Waals surface area (Å²) in [6.07, 6.45) is 1.22. The number of carbonyl (C=O) groups is 2. The van der Waals surface area contributed by atoms with E-state index < -0.39 is 0 Å². The van der Waals surface area contributed by atoms with Crippen molar-refractivity contribution in [1.82, 2.24) is 15.5 Å². The summed E-state index contributed by atoms with van der Waals surface area (Å²) in [6.45, 7) is 2.92. The molecule has 0 saturated carbocycles. The van der Waals surface area contributed by atoms with Crippen molar-refractivity contribution in [3.63, 3.8) is 0 Å². The third-order valence-electron chi connectivity index (χ3n) is 6.97. The molecular weight excluding hydrogens is 473 g/mol. The first kappa shape index (κ1) is 24.6. The molecule has 0 unspecified atom stereocenters. The lowest BCUT2D eigenvalue weighted by Gasteiger charge is -2.39. The van der Waals surface area contributed by atoms with Gasteiger partial charge in [0.25, 0.3) is 0 Å². The van der Waals surface area contributed by atoms with Crippen molar-refractivity contribution in [2.75, 3.05) is 13.3 Å². The Bertz CT molecular complexity index is 1280. The Morgan fingerprint density at radius 2 is 1.70 bits per heavy atom. The van der Waals surface area contributed by atoms with Crippen LogP contribution in [-0.2, 0) is 17.9 Å². The molecule has 2 aliphatic rings. The zero-order valence-corrected chi connectivity index (χ0v) is 20.7. The number of urea groups is 1. The Hall–Kier alpha value is -4.07. The fraction of sp³-hybridized carbons (Fsp3) is 0.310. The van der Waals surface area contributed by atoms with Gasteiger partial charge in [-0.3, -0.25) is 4.79 Å². The van der Waals surface area contributed by atoms with Crippen LogP contribution in [-0.4, -0.2) is 30.2 Å². The minimum absolute atomic E-state index is 0.104. The van der Waals surface area contributed by atoms with Crippen molar-refractivity contribution in [1.29, 1.82) is 0 Å². The first-order valence-corrected chi connectivity index (χ1v) is 12.5. The van der Waals surface area contributed by atoms with Gasteiger partial charge in [-0.25, -0.2) is 9.18 Å². The van der Waals surface area contributed by atoms with Crippen molar-refractivity contribution < 1.29 is 23.5 Å². The molecule has 1 fully saturated rings. The molecular formula is C29H30FN3O4. The molecule has 8 heteroatoms. The number of piperidine rings is 1. The van der Waals surface area contributed by atoms with Crippen molar-refractivity contribution in [3.05, 3.63) is 94.8 Å². The Balaban J connectivity index is 1.27. The summed E-state index contributed by atoms with van der Waals surface area (Å²) in [5.41, 5.74) is 3.30. The maximum absolute atomic E-state index is 13.9. The molecule has 3 aromatic rings. The molecule has 0 aromatic heterocycles. The smallest absolute Gasteiger partial charge is 0.318 e. The number of halogens is 1. The third kappa shape index (κ3) is 5.69. The van der Waals surface area contributed by atoms with Gasteiger partial charge in [0.15, 0.2) is 11.5 Å². The van der Waals surface area contributed by atoms with Gasteiger partial charge in [0.05, 0.1) is 12.0 Å². The number of aryl methyl sites for hydroxylation is 1. The van der Waals surface area contributed by atoms with Gasteiger partial charge in [-0.2, -0.15) is 0 Å².